The van der Waals surface area contributed by atoms with Gasteiger partial charge in [-0.25, -0.2) is 0 Å². The number of rotatable bonds is 3. The van der Waals surface area contributed by atoms with Gasteiger partial charge in [-0.2, -0.15) is 0 Å². The van der Waals surface area contributed by atoms with Crippen molar-refractivity contribution < 1.29 is 9.53 Å². The predicted octanol–water partition coefficient (Wildman–Crippen LogP) is 3.13. The quantitative estimate of drug-likeness (QED) is 0.740. The number of carbonyl (C=O) groups is 1. The predicted molar refractivity (Wildman–Crippen MR) is 67.3 cm³/mol. The summed E-state index contributed by atoms with van der Waals surface area (Å²) in [5.74, 6) is -0.0133. The Balaban J connectivity index is 2.42. The standard InChI is InChI=1S/C15H14O2/c1-2-12-17-15(10-8-14(16)9-11-15)13-6-4-3-5-7-13/h2-12H,1H3/b12-2-. The van der Waals surface area contributed by atoms with Crippen LogP contribution in [0.1, 0.15) is 12.5 Å². The van der Waals surface area contributed by atoms with Crippen LogP contribution in [0, 0.1) is 0 Å². The van der Waals surface area contributed by atoms with Crippen molar-refractivity contribution in [2.24, 2.45) is 0 Å². The summed E-state index contributed by atoms with van der Waals surface area (Å²) in [6.45, 7) is 1.89. The Hall–Kier alpha value is -2.09. The van der Waals surface area contributed by atoms with E-state index in [-0.39, 0.29) is 5.78 Å². The van der Waals surface area contributed by atoms with E-state index < -0.39 is 5.60 Å². The van der Waals surface area contributed by atoms with Crippen LogP contribution in [0.4, 0.5) is 0 Å². The maximum absolute atomic E-state index is 11.2. The summed E-state index contributed by atoms with van der Waals surface area (Å²) in [5, 5.41) is 0. The molecule has 0 fully saturated rings. The molecule has 1 aromatic carbocycles. The molecule has 2 heteroatoms. The van der Waals surface area contributed by atoms with Crippen molar-refractivity contribution in [3.63, 3.8) is 0 Å². The lowest BCUT2D eigenvalue weighted by Gasteiger charge is -2.28. The van der Waals surface area contributed by atoms with Crippen molar-refractivity contribution in [2.75, 3.05) is 0 Å². The van der Waals surface area contributed by atoms with Crippen LogP contribution in [0.3, 0.4) is 0 Å². The van der Waals surface area contributed by atoms with Crippen molar-refractivity contribution in [3.8, 4) is 0 Å². The molecule has 0 radical (unpaired) electrons. The molecule has 0 N–H and O–H groups in total. The number of carbonyl (C=O) groups excluding carboxylic acids is 1. The molecule has 0 aliphatic heterocycles. The Morgan fingerprint density at radius 2 is 1.76 bits per heavy atom. The van der Waals surface area contributed by atoms with E-state index in [1.165, 1.54) is 12.2 Å². The molecule has 17 heavy (non-hydrogen) atoms. The first-order valence-electron chi connectivity index (χ1n) is 5.54. The lowest BCUT2D eigenvalue weighted by molar-refractivity contribution is -0.110. The van der Waals surface area contributed by atoms with Gasteiger partial charge in [0.1, 0.15) is 0 Å². The second-order valence-electron chi connectivity index (χ2n) is 3.82. The molecule has 0 spiro atoms. The van der Waals surface area contributed by atoms with Gasteiger partial charge >= 0.3 is 0 Å². The van der Waals surface area contributed by atoms with E-state index in [0.29, 0.717) is 0 Å². The molecule has 86 valence electrons. The number of hydrogen-bond donors (Lipinski definition) is 0. The van der Waals surface area contributed by atoms with E-state index in [9.17, 15) is 4.79 Å². The fourth-order valence-corrected chi connectivity index (χ4v) is 1.74. The van der Waals surface area contributed by atoms with Gasteiger partial charge in [0.25, 0.3) is 0 Å². The van der Waals surface area contributed by atoms with Crippen LogP contribution in [0.25, 0.3) is 0 Å². The van der Waals surface area contributed by atoms with Crippen LogP contribution in [-0.4, -0.2) is 5.78 Å². The Labute approximate surface area is 101 Å². The summed E-state index contributed by atoms with van der Waals surface area (Å²) < 4.78 is 5.75. The Kier molecular flexibility index (Phi) is 3.24. The van der Waals surface area contributed by atoms with E-state index >= 15 is 0 Å². The second kappa shape index (κ2) is 4.83. The normalized spacial score (nSPS) is 17.6. The zero-order valence-electron chi connectivity index (χ0n) is 9.67. The third kappa shape index (κ3) is 2.36. The SMILES string of the molecule is C/C=C\OC1(c2ccccc2)C=CC(=O)C=C1. The monoisotopic (exact) mass is 226 g/mol. The van der Waals surface area contributed by atoms with Gasteiger partial charge in [-0.3, -0.25) is 4.79 Å². The Morgan fingerprint density at radius 1 is 1.12 bits per heavy atom. The van der Waals surface area contributed by atoms with Crippen molar-refractivity contribution in [2.45, 2.75) is 12.5 Å². The topological polar surface area (TPSA) is 26.3 Å². The van der Waals surface area contributed by atoms with Crippen molar-refractivity contribution in [1.82, 2.24) is 0 Å². The average molecular weight is 226 g/mol. The van der Waals surface area contributed by atoms with Gasteiger partial charge in [-0.05, 0) is 31.2 Å². The minimum atomic E-state index is -0.665. The fraction of sp³-hybridized carbons (Fsp3) is 0.133. The van der Waals surface area contributed by atoms with Gasteiger partial charge in [0, 0.05) is 5.56 Å². The number of benzene rings is 1. The van der Waals surface area contributed by atoms with Gasteiger partial charge in [-0.1, -0.05) is 36.4 Å². The Bertz CT molecular complexity index is 465. The minimum Gasteiger partial charge on any atom is -0.482 e. The molecule has 1 aliphatic rings. The zero-order valence-corrected chi connectivity index (χ0v) is 9.67. The van der Waals surface area contributed by atoms with Crippen LogP contribution >= 0.6 is 0 Å². The smallest absolute Gasteiger partial charge is 0.178 e. The number of allylic oxidation sites excluding steroid dienone is 3. The third-order valence-corrected chi connectivity index (χ3v) is 2.61. The second-order valence-corrected chi connectivity index (χ2v) is 3.82. The number of hydrogen-bond acceptors (Lipinski definition) is 2. The number of ketones is 1. The molecule has 0 atom stereocenters. The van der Waals surface area contributed by atoms with Gasteiger partial charge < -0.3 is 4.74 Å². The van der Waals surface area contributed by atoms with E-state index in [1.807, 2.05) is 43.3 Å². The van der Waals surface area contributed by atoms with Gasteiger partial charge in [-0.15, -0.1) is 0 Å². The summed E-state index contributed by atoms with van der Waals surface area (Å²) in [5.41, 5.74) is 0.333. The zero-order chi connectivity index (χ0) is 12.1. The Morgan fingerprint density at radius 3 is 2.35 bits per heavy atom. The molecule has 0 amide bonds. The van der Waals surface area contributed by atoms with Gasteiger partial charge in [0.05, 0.1) is 6.26 Å². The molecule has 1 aliphatic carbocycles. The van der Waals surface area contributed by atoms with Crippen molar-refractivity contribution >= 4 is 5.78 Å². The van der Waals surface area contributed by atoms with E-state index in [2.05, 4.69) is 0 Å². The highest BCUT2D eigenvalue weighted by Gasteiger charge is 2.29. The molecule has 0 bridgehead atoms. The molecule has 2 nitrogen and oxygen atoms in total. The van der Waals surface area contributed by atoms with Gasteiger partial charge in [0.2, 0.25) is 0 Å². The first kappa shape index (κ1) is 11.4. The molecular weight excluding hydrogens is 212 g/mol. The van der Waals surface area contributed by atoms with Crippen molar-refractivity contribution in [3.05, 3.63) is 72.5 Å². The third-order valence-electron chi connectivity index (χ3n) is 2.61. The molecule has 0 unspecified atom stereocenters. The first-order valence-corrected chi connectivity index (χ1v) is 5.54. The van der Waals surface area contributed by atoms with Crippen LogP contribution in [0.5, 0.6) is 0 Å². The summed E-state index contributed by atoms with van der Waals surface area (Å²) in [6, 6.07) is 9.82. The maximum atomic E-state index is 11.2. The molecule has 0 saturated carbocycles. The van der Waals surface area contributed by atoms with Crippen LogP contribution in [-0.2, 0) is 15.1 Å². The molecule has 2 rings (SSSR count). The molecular formula is C15H14O2. The summed E-state index contributed by atoms with van der Waals surface area (Å²) in [4.78, 5) is 11.2. The molecule has 0 heterocycles. The highest BCUT2D eigenvalue weighted by atomic mass is 16.5. The van der Waals surface area contributed by atoms with E-state index in [1.54, 1.807) is 18.4 Å². The highest BCUT2D eigenvalue weighted by Crippen LogP contribution is 2.31. The average Bonchev–Trinajstić information content (AvgIpc) is 2.40. The van der Waals surface area contributed by atoms with Crippen LogP contribution < -0.4 is 0 Å². The lowest BCUT2D eigenvalue weighted by Crippen LogP contribution is -2.25. The number of ether oxygens (including phenoxy) is 1. The van der Waals surface area contributed by atoms with Gasteiger partial charge in [0.15, 0.2) is 11.4 Å². The first-order chi connectivity index (χ1) is 8.27. The fourth-order valence-electron chi connectivity index (χ4n) is 1.74. The molecule has 0 saturated heterocycles. The summed E-state index contributed by atoms with van der Waals surface area (Å²) in [6.07, 6.45) is 10.1. The molecule has 0 aromatic heterocycles. The van der Waals surface area contributed by atoms with Crippen LogP contribution in [0.2, 0.25) is 0 Å². The van der Waals surface area contributed by atoms with Crippen molar-refractivity contribution in [1.29, 1.82) is 0 Å². The summed E-state index contributed by atoms with van der Waals surface area (Å²) in [7, 11) is 0. The molecule has 1 aromatic rings. The summed E-state index contributed by atoms with van der Waals surface area (Å²) >= 11 is 0. The minimum absolute atomic E-state index is 0.0133. The van der Waals surface area contributed by atoms with Crippen LogP contribution in [0.15, 0.2) is 67.0 Å². The largest absolute Gasteiger partial charge is 0.482 e. The highest BCUT2D eigenvalue weighted by molar-refractivity contribution is 6.00. The van der Waals surface area contributed by atoms with E-state index in [0.717, 1.165) is 5.56 Å². The maximum Gasteiger partial charge on any atom is 0.178 e. The van der Waals surface area contributed by atoms with E-state index in [4.69, 9.17) is 4.74 Å². The lowest BCUT2D eigenvalue weighted by atomic mass is 9.89.